The number of nitrogens with zero attached hydrogens (tertiary/aromatic N) is 10. The quantitative estimate of drug-likeness (QED) is 0.0547. The predicted molar refractivity (Wildman–Crippen MR) is 489 cm³/mol. The zero-order valence-electron chi connectivity index (χ0n) is 64.9. The molecule has 6 heterocycles. The highest BCUT2D eigenvalue weighted by Gasteiger charge is 2.30. The van der Waals surface area contributed by atoms with Gasteiger partial charge in [0, 0.05) is 79.2 Å². The standard InChI is InChI=1S/C108H68B2N10/c111-67-99(79-41-55-95(56-42-79)117(93-51-37-77(38-52-93)89-63-85(71-17-5-1-6-18-71)61-86(64-89)72-19-7-2-8-20-72)91-47-33-75(34-48-91)83-45-59-103-113-107-97-29-13-25-81-27-15-31-101(105(81)97)119(107)109-115(103)69-83)100(68-112)80-43-57-96(58-44-80)118(94-53-39-78(40-54-94)90-65-87(73-21-9-3-10-22-73)62-88(66-90)74-23-11-4-12-24-74)92-49-35-76(36-50-92)84-46-60-104-114-108-98-30-14-26-82-28-16-32-102(106(82)98)120(108)110-116(104)70-84/h1-66,69-70H/q+2/b100-99+. The Morgan fingerprint density at radius 2 is 0.517 bits per heavy atom. The number of aromatic nitrogens is 4. The molecule has 12 heteroatoms. The molecule has 10 nitrogen and oxygen atoms in total. The molecule has 0 unspecified atom stereocenters. The summed E-state index contributed by atoms with van der Waals surface area (Å²) >= 11 is 0. The zero-order valence-corrected chi connectivity index (χ0v) is 64.9. The summed E-state index contributed by atoms with van der Waals surface area (Å²) in [6, 6.07) is 146. The maximum atomic E-state index is 11.3. The lowest BCUT2D eigenvalue weighted by Crippen LogP contribution is -2.50. The minimum Gasteiger partial charge on any atom is -0.311 e. The molecule has 0 aliphatic carbocycles. The van der Waals surface area contributed by atoms with Gasteiger partial charge in [-0.25, -0.2) is 0 Å². The van der Waals surface area contributed by atoms with Crippen molar-refractivity contribution in [1.82, 2.24) is 8.96 Å². The zero-order chi connectivity index (χ0) is 79.7. The largest absolute Gasteiger partial charge is 0.555 e. The highest BCUT2D eigenvalue weighted by Crippen LogP contribution is 2.44. The Morgan fingerprint density at radius 3 is 0.808 bits per heavy atom. The molecule has 22 rings (SSSR count). The first kappa shape index (κ1) is 70.4. The molecule has 4 aromatic heterocycles. The number of allylic oxidation sites excluding steroid dienone is 2. The lowest BCUT2D eigenvalue weighted by molar-refractivity contribution is -0.518. The Morgan fingerprint density at radius 1 is 0.258 bits per heavy atom. The molecule has 0 fully saturated rings. The number of hydrogen-bond acceptors (Lipinski definition) is 6. The first-order chi connectivity index (χ1) is 59.3. The maximum absolute atomic E-state index is 11.3. The van der Waals surface area contributed by atoms with Gasteiger partial charge < -0.3 is 18.8 Å². The summed E-state index contributed by atoms with van der Waals surface area (Å²) in [5, 5.41) is 29.7. The molecular formula is C108H68B2N10+2. The van der Waals surface area contributed by atoms with Crippen molar-refractivity contribution in [3.63, 3.8) is 0 Å². The lowest BCUT2D eigenvalue weighted by Gasteiger charge is -2.26. The third-order valence-electron chi connectivity index (χ3n) is 23.5. The molecule has 0 saturated carbocycles. The Hall–Kier alpha value is -16.3. The van der Waals surface area contributed by atoms with E-state index in [1.807, 2.05) is 48.5 Å². The summed E-state index contributed by atoms with van der Waals surface area (Å²) in [6.45, 7) is 0. The van der Waals surface area contributed by atoms with Gasteiger partial charge in [-0.15, -0.1) is 0 Å². The van der Waals surface area contributed by atoms with Gasteiger partial charge in [0.15, 0.2) is 0 Å². The summed E-state index contributed by atoms with van der Waals surface area (Å²) in [7, 11) is 4.28. The monoisotopic (exact) mass is 1530 g/mol. The van der Waals surface area contributed by atoms with Crippen LogP contribution in [-0.4, -0.2) is 24.1 Å². The Labute approximate surface area is 695 Å². The minimum atomic E-state index is 0.265. The van der Waals surface area contributed by atoms with Gasteiger partial charge in [-0.3, -0.25) is 8.96 Å². The average Bonchev–Trinajstić information content (AvgIpc) is 1.57. The van der Waals surface area contributed by atoms with Gasteiger partial charge in [0.2, 0.25) is 11.0 Å². The third kappa shape index (κ3) is 12.6. The molecule has 2 aliphatic heterocycles. The van der Waals surface area contributed by atoms with Crippen LogP contribution in [0.2, 0.25) is 0 Å². The van der Waals surface area contributed by atoms with Crippen molar-refractivity contribution in [3.8, 4) is 101 Å². The Kier molecular flexibility index (Phi) is 17.3. The topological polar surface area (TPSA) is 96.4 Å². The molecule has 0 saturated heterocycles. The molecule has 0 N–H and O–H groups in total. The summed E-state index contributed by atoms with van der Waals surface area (Å²) < 4.78 is 8.61. The molecule has 0 spiro atoms. The van der Waals surface area contributed by atoms with E-state index in [4.69, 9.17) is 9.98 Å². The van der Waals surface area contributed by atoms with Crippen LogP contribution in [0.15, 0.2) is 423 Å². The van der Waals surface area contributed by atoms with Crippen molar-refractivity contribution >= 4 is 115 Å². The molecule has 2 aliphatic rings. The van der Waals surface area contributed by atoms with Crippen molar-refractivity contribution in [1.29, 1.82) is 10.5 Å². The first-order valence-electron chi connectivity index (χ1n) is 40.2. The van der Waals surface area contributed by atoms with Crippen LogP contribution in [0.5, 0.6) is 0 Å². The van der Waals surface area contributed by atoms with E-state index in [0.29, 0.717) is 11.1 Å². The highest BCUT2D eigenvalue weighted by atomic mass is 15.2. The number of rotatable bonds is 16. The summed E-state index contributed by atoms with van der Waals surface area (Å²) in [5.41, 5.74) is 29.0. The van der Waals surface area contributed by atoms with Gasteiger partial charge in [0.1, 0.15) is 12.1 Å². The molecule has 20 aromatic rings. The second-order valence-electron chi connectivity index (χ2n) is 30.6. The fraction of sp³-hybridized carbons (Fsp3) is 0. The first-order valence-corrected chi connectivity index (χ1v) is 40.2. The smallest absolute Gasteiger partial charge is 0.311 e. The normalized spacial score (nSPS) is 12.1. The van der Waals surface area contributed by atoms with Crippen LogP contribution >= 0.6 is 0 Å². The number of pyridine rings is 2. The van der Waals surface area contributed by atoms with Gasteiger partial charge >= 0.3 is 26.7 Å². The number of nitriles is 2. The van der Waals surface area contributed by atoms with E-state index < -0.39 is 0 Å². The second-order valence-corrected chi connectivity index (χ2v) is 30.6. The SMILES string of the molecule is N#C/C(=C(/C#N)c1ccc(N(c2ccc(-c3cc(-c4ccccc4)cc(-c4ccccc4)c3)cc2)c2ccc(-c3ccc4[n+](c3)[B]n3c(c5cccc6cccc3c65)=N4)cc2)cc1)c1ccc(N(c2ccc(-c3cc(-c4ccccc4)cc(-c4ccccc4)c3)cc2)c2ccc(-c3ccc4[n+](c3)[B]n3c(c5cccc6cccc3c65)=N4)cc2)cc1. The number of anilines is 6. The molecule has 2 radical (unpaired) electrons. The van der Waals surface area contributed by atoms with Gasteiger partial charge in [-0.2, -0.15) is 10.5 Å². The van der Waals surface area contributed by atoms with E-state index in [0.717, 1.165) is 168 Å². The molecule has 554 valence electrons. The number of benzene rings is 16. The van der Waals surface area contributed by atoms with Crippen molar-refractivity contribution in [2.75, 3.05) is 9.80 Å². The van der Waals surface area contributed by atoms with Gasteiger partial charge in [0.05, 0.1) is 34.3 Å². The predicted octanol–water partition coefficient (Wildman–Crippen LogP) is 24.5. The summed E-state index contributed by atoms with van der Waals surface area (Å²) in [5.74, 6) is 1.70. The van der Waals surface area contributed by atoms with Gasteiger partial charge in [-0.1, -0.05) is 243 Å². The van der Waals surface area contributed by atoms with E-state index in [2.05, 4.69) is 419 Å². The number of fused-ring (bicyclic) bond motifs is 8. The van der Waals surface area contributed by atoms with E-state index in [9.17, 15) is 10.5 Å². The van der Waals surface area contributed by atoms with Crippen molar-refractivity contribution in [2.45, 2.75) is 0 Å². The molecule has 120 heavy (non-hydrogen) atoms. The average molecular weight is 1530 g/mol. The van der Waals surface area contributed by atoms with Crippen LogP contribution in [0.1, 0.15) is 11.1 Å². The van der Waals surface area contributed by atoms with Crippen molar-refractivity contribution in [3.05, 3.63) is 435 Å². The molecule has 0 bridgehead atoms. The van der Waals surface area contributed by atoms with E-state index >= 15 is 0 Å². The van der Waals surface area contributed by atoms with Crippen LogP contribution < -0.4 is 29.7 Å². The Balaban J connectivity index is 0.599. The van der Waals surface area contributed by atoms with Crippen LogP contribution in [0.25, 0.3) is 144 Å². The maximum Gasteiger partial charge on any atom is 0.555 e. The van der Waals surface area contributed by atoms with Gasteiger partial charge in [0.25, 0.3) is 0 Å². The summed E-state index contributed by atoms with van der Waals surface area (Å²) in [6.07, 6.45) is 4.30. The van der Waals surface area contributed by atoms with Crippen LogP contribution in [0.3, 0.4) is 0 Å². The number of hydrogen-bond donors (Lipinski definition) is 0. The van der Waals surface area contributed by atoms with Crippen LogP contribution in [0.4, 0.5) is 45.8 Å². The second kappa shape index (κ2) is 29.5. The molecular weight excluding hydrogens is 1460 g/mol. The molecule has 16 aromatic carbocycles. The fourth-order valence-electron chi connectivity index (χ4n) is 17.5. The minimum absolute atomic E-state index is 0.265. The highest BCUT2D eigenvalue weighted by molar-refractivity contribution is 6.29. The Bertz CT molecular complexity index is 7090. The fourth-order valence-corrected chi connectivity index (χ4v) is 17.5. The van der Waals surface area contributed by atoms with Crippen LogP contribution in [-0.2, 0) is 0 Å². The summed E-state index contributed by atoms with van der Waals surface area (Å²) in [4.78, 5) is 14.9. The van der Waals surface area contributed by atoms with Crippen molar-refractivity contribution < 1.29 is 8.96 Å². The van der Waals surface area contributed by atoms with Crippen LogP contribution in [0, 0.1) is 22.7 Å². The van der Waals surface area contributed by atoms with Crippen molar-refractivity contribution in [2.24, 2.45) is 9.98 Å². The lowest BCUT2D eigenvalue weighted by atomic mass is 9.93. The van der Waals surface area contributed by atoms with E-state index in [-0.39, 0.29) is 11.1 Å². The van der Waals surface area contributed by atoms with E-state index in [1.165, 1.54) is 21.5 Å². The van der Waals surface area contributed by atoms with Gasteiger partial charge in [-0.05, 0) is 255 Å². The van der Waals surface area contributed by atoms with E-state index in [1.54, 1.807) is 0 Å². The molecule has 0 atom stereocenters. The molecule has 0 amide bonds. The third-order valence-corrected chi connectivity index (χ3v) is 23.5.